The number of carboxylic acids is 1. The molecule has 1 heterocycles. The summed E-state index contributed by atoms with van der Waals surface area (Å²) in [5, 5.41) is 11.5. The predicted molar refractivity (Wildman–Crippen MR) is 78.3 cm³/mol. The van der Waals surface area contributed by atoms with E-state index in [4.69, 9.17) is 5.11 Å². The van der Waals surface area contributed by atoms with Gasteiger partial charge in [0, 0.05) is 21.0 Å². The molecule has 2 N–H and O–H groups in total. The molecule has 2 aromatic rings. The number of aromatic carboxylic acids is 1. The van der Waals surface area contributed by atoms with E-state index in [1.54, 1.807) is 18.2 Å². The molecule has 0 aliphatic carbocycles. The molecule has 0 fully saturated rings. The molecule has 0 spiro atoms. The molecule has 2 rings (SSSR count). The average molecular weight is 368 g/mol. The normalized spacial score (nSPS) is 9.95. The van der Waals surface area contributed by atoms with Crippen molar-refractivity contribution in [2.75, 3.05) is 5.32 Å². The van der Waals surface area contributed by atoms with Gasteiger partial charge in [-0.25, -0.2) is 9.78 Å². The summed E-state index contributed by atoms with van der Waals surface area (Å²) in [4.78, 5) is 26.4. The van der Waals surface area contributed by atoms with E-state index in [2.05, 4.69) is 32.9 Å². The minimum Gasteiger partial charge on any atom is -0.477 e. The van der Waals surface area contributed by atoms with E-state index < -0.39 is 5.97 Å². The molecule has 1 aromatic heterocycles. The van der Waals surface area contributed by atoms with Crippen LogP contribution >= 0.6 is 22.6 Å². The second kappa shape index (κ2) is 5.79. The van der Waals surface area contributed by atoms with E-state index >= 15 is 0 Å². The van der Waals surface area contributed by atoms with Crippen LogP contribution in [0.1, 0.15) is 20.8 Å². The first kappa shape index (κ1) is 13.5. The van der Waals surface area contributed by atoms with Crippen molar-refractivity contribution in [3.8, 4) is 0 Å². The van der Waals surface area contributed by atoms with Crippen LogP contribution in [-0.4, -0.2) is 22.0 Å². The maximum atomic E-state index is 12.0. The third-order valence-corrected chi connectivity index (χ3v) is 2.99. The number of amides is 1. The number of nitrogens with one attached hydrogen (secondary N) is 1. The Balaban J connectivity index is 2.19. The van der Waals surface area contributed by atoms with E-state index in [9.17, 15) is 9.59 Å². The number of carboxylic acid groups (broad SMARTS) is 1. The van der Waals surface area contributed by atoms with Gasteiger partial charge in [-0.1, -0.05) is 6.07 Å². The van der Waals surface area contributed by atoms with Crippen molar-refractivity contribution in [2.24, 2.45) is 0 Å². The molecule has 0 bridgehead atoms. The minimum atomic E-state index is -1.13. The van der Waals surface area contributed by atoms with Gasteiger partial charge in [-0.05, 0) is 52.9 Å². The second-order valence-corrected chi connectivity index (χ2v) is 4.95. The lowest BCUT2D eigenvalue weighted by atomic mass is 10.2. The number of carbonyl (C=O) groups is 2. The van der Waals surface area contributed by atoms with Crippen LogP contribution in [0.25, 0.3) is 0 Å². The zero-order valence-electron chi connectivity index (χ0n) is 9.63. The van der Waals surface area contributed by atoms with Gasteiger partial charge in [-0.15, -0.1) is 0 Å². The van der Waals surface area contributed by atoms with E-state index in [0.29, 0.717) is 11.3 Å². The molecule has 0 saturated heterocycles. The number of benzene rings is 1. The number of anilines is 1. The number of aromatic nitrogens is 1. The summed E-state index contributed by atoms with van der Waals surface area (Å²) in [6, 6.07) is 9.95. The van der Waals surface area contributed by atoms with Crippen molar-refractivity contribution in [3.63, 3.8) is 0 Å². The van der Waals surface area contributed by atoms with Crippen LogP contribution in [0.15, 0.2) is 42.6 Å². The predicted octanol–water partition coefficient (Wildman–Crippen LogP) is 2.64. The summed E-state index contributed by atoms with van der Waals surface area (Å²) in [6.07, 6.45) is 1.34. The van der Waals surface area contributed by atoms with Crippen LogP contribution in [0.3, 0.4) is 0 Å². The average Bonchev–Trinajstić information content (AvgIpc) is 2.39. The molecule has 0 radical (unpaired) electrons. The second-order valence-electron chi connectivity index (χ2n) is 3.70. The Morgan fingerprint density at radius 1 is 1.21 bits per heavy atom. The van der Waals surface area contributed by atoms with Crippen LogP contribution < -0.4 is 5.32 Å². The Hall–Kier alpha value is -1.96. The first-order valence-electron chi connectivity index (χ1n) is 5.32. The van der Waals surface area contributed by atoms with Gasteiger partial charge in [0.05, 0.1) is 0 Å². The highest BCUT2D eigenvalue weighted by Gasteiger charge is 2.09. The van der Waals surface area contributed by atoms with E-state index in [1.807, 2.05) is 6.07 Å². The van der Waals surface area contributed by atoms with Crippen molar-refractivity contribution in [1.82, 2.24) is 4.98 Å². The van der Waals surface area contributed by atoms with Crippen LogP contribution in [0, 0.1) is 3.57 Å². The van der Waals surface area contributed by atoms with Gasteiger partial charge in [-0.3, -0.25) is 4.79 Å². The summed E-state index contributed by atoms with van der Waals surface area (Å²) in [7, 11) is 0. The Morgan fingerprint density at radius 3 is 2.68 bits per heavy atom. The number of halogens is 1. The molecule has 96 valence electrons. The molecule has 5 nitrogen and oxygen atoms in total. The number of carbonyl (C=O) groups excluding carboxylic acids is 1. The maximum Gasteiger partial charge on any atom is 0.354 e. The fraction of sp³-hybridized carbons (Fsp3) is 0. The SMILES string of the molecule is O=C(Nc1ccnc(C(=O)O)c1)c1cccc(I)c1. The van der Waals surface area contributed by atoms with Crippen molar-refractivity contribution in [2.45, 2.75) is 0 Å². The van der Waals surface area contributed by atoms with Gasteiger partial charge in [0.2, 0.25) is 0 Å². The fourth-order valence-electron chi connectivity index (χ4n) is 1.46. The number of nitrogens with zero attached hydrogens (tertiary/aromatic N) is 1. The standard InChI is InChI=1S/C13H9IN2O3/c14-9-3-1-2-8(6-9)12(17)16-10-4-5-15-11(7-10)13(18)19/h1-7H,(H,18,19)(H,15,16,17). The summed E-state index contributed by atoms with van der Waals surface area (Å²) in [6.45, 7) is 0. The molecule has 0 aliphatic rings. The van der Waals surface area contributed by atoms with Gasteiger partial charge in [0.25, 0.3) is 5.91 Å². The summed E-state index contributed by atoms with van der Waals surface area (Å²) < 4.78 is 0.950. The monoisotopic (exact) mass is 368 g/mol. The van der Waals surface area contributed by atoms with Crippen molar-refractivity contribution in [3.05, 3.63) is 57.4 Å². The summed E-state index contributed by atoms with van der Waals surface area (Å²) >= 11 is 2.12. The van der Waals surface area contributed by atoms with Crippen LogP contribution in [0.2, 0.25) is 0 Å². The van der Waals surface area contributed by atoms with Crippen molar-refractivity contribution >= 4 is 40.2 Å². The highest BCUT2D eigenvalue weighted by atomic mass is 127. The largest absolute Gasteiger partial charge is 0.477 e. The van der Waals surface area contributed by atoms with Crippen LogP contribution in [-0.2, 0) is 0 Å². The summed E-state index contributed by atoms with van der Waals surface area (Å²) in [5.41, 5.74) is 0.803. The minimum absolute atomic E-state index is 0.111. The van der Waals surface area contributed by atoms with Crippen molar-refractivity contribution < 1.29 is 14.7 Å². The zero-order valence-corrected chi connectivity index (χ0v) is 11.8. The number of pyridine rings is 1. The third kappa shape index (κ3) is 3.50. The van der Waals surface area contributed by atoms with Gasteiger partial charge < -0.3 is 10.4 Å². The quantitative estimate of drug-likeness (QED) is 0.817. The van der Waals surface area contributed by atoms with E-state index in [0.717, 1.165) is 3.57 Å². The molecule has 0 unspecified atom stereocenters. The molecule has 0 aliphatic heterocycles. The number of rotatable bonds is 3. The van der Waals surface area contributed by atoms with Gasteiger partial charge in [0.1, 0.15) is 5.69 Å². The molecular weight excluding hydrogens is 359 g/mol. The first-order valence-corrected chi connectivity index (χ1v) is 6.40. The van der Waals surface area contributed by atoms with Gasteiger partial charge in [-0.2, -0.15) is 0 Å². The van der Waals surface area contributed by atoms with Gasteiger partial charge >= 0.3 is 5.97 Å². The molecule has 0 saturated carbocycles. The molecule has 19 heavy (non-hydrogen) atoms. The highest BCUT2D eigenvalue weighted by Crippen LogP contribution is 2.12. The molecule has 1 aromatic carbocycles. The lowest BCUT2D eigenvalue weighted by Crippen LogP contribution is -2.13. The Morgan fingerprint density at radius 2 is 2.00 bits per heavy atom. The summed E-state index contributed by atoms with van der Waals surface area (Å²) in [5.74, 6) is -1.42. The first-order chi connectivity index (χ1) is 9.06. The fourth-order valence-corrected chi connectivity index (χ4v) is 2.00. The lowest BCUT2D eigenvalue weighted by molar-refractivity contribution is 0.0690. The highest BCUT2D eigenvalue weighted by molar-refractivity contribution is 14.1. The number of hydrogen-bond acceptors (Lipinski definition) is 3. The Kier molecular flexibility index (Phi) is 4.10. The lowest BCUT2D eigenvalue weighted by Gasteiger charge is -2.06. The number of hydrogen-bond donors (Lipinski definition) is 2. The smallest absolute Gasteiger partial charge is 0.354 e. The van der Waals surface area contributed by atoms with Crippen LogP contribution in [0.5, 0.6) is 0 Å². The Bertz CT molecular complexity index is 643. The maximum absolute atomic E-state index is 12.0. The van der Waals surface area contributed by atoms with E-state index in [1.165, 1.54) is 18.3 Å². The molecule has 6 heteroatoms. The third-order valence-electron chi connectivity index (χ3n) is 2.32. The topological polar surface area (TPSA) is 79.3 Å². The van der Waals surface area contributed by atoms with Gasteiger partial charge in [0.15, 0.2) is 0 Å². The zero-order chi connectivity index (χ0) is 13.8. The molecule has 0 atom stereocenters. The van der Waals surface area contributed by atoms with Crippen molar-refractivity contribution in [1.29, 1.82) is 0 Å². The Labute approximate surface area is 122 Å². The van der Waals surface area contributed by atoms with E-state index in [-0.39, 0.29) is 11.6 Å². The molecular formula is C13H9IN2O3. The molecule has 1 amide bonds. The van der Waals surface area contributed by atoms with Crippen LogP contribution in [0.4, 0.5) is 5.69 Å².